The Bertz CT molecular complexity index is 461. The number of aromatic nitrogens is 4. The predicted molar refractivity (Wildman–Crippen MR) is 62.2 cm³/mol. The van der Waals surface area contributed by atoms with Gasteiger partial charge in [0.05, 0.1) is 13.7 Å². The van der Waals surface area contributed by atoms with Crippen molar-refractivity contribution in [2.45, 2.75) is 25.4 Å². The highest BCUT2D eigenvalue weighted by Gasteiger charge is 2.21. The van der Waals surface area contributed by atoms with Crippen molar-refractivity contribution in [1.29, 1.82) is 0 Å². The summed E-state index contributed by atoms with van der Waals surface area (Å²) in [7, 11) is 1.20. The normalized spacial score (nSPS) is 11.4. The van der Waals surface area contributed by atoms with Gasteiger partial charge in [0, 0.05) is 6.42 Å². The van der Waals surface area contributed by atoms with E-state index >= 15 is 0 Å². The molecule has 0 unspecified atom stereocenters. The Balaban J connectivity index is 2.38. The van der Waals surface area contributed by atoms with Crippen molar-refractivity contribution < 1.29 is 24.2 Å². The third-order valence-electron chi connectivity index (χ3n) is 2.26. The summed E-state index contributed by atoms with van der Waals surface area (Å²) < 4.78 is 4.39. The summed E-state index contributed by atoms with van der Waals surface area (Å²) in [5.74, 6) is -1.55. The van der Waals surface area contributed by atoms with Crippen molar-refractivity contribution in [2.24, 2.45) is 0 Å². The SMILES string of the molecule is COC(=O)CC[C@H](NC(=O)NCc1nn[nH]n1)C(=O)O. The molecule has 0 saturated carbocycles. The number of carbonyl (C=O) groups excluding carboxylic acids is 2. The van der Waals surface area contributed by atoms with E-state index in [4.69, 9.17) is 5.11 Å². The Morgan fingerprint density at radius 1 is 1.45 bits per heavy atom. The fourth-order valence-electron chi connectivity index (χ4n) is 1.25. The lowest BCUT2D eigenvalue weighted by Gasteiger charge is -2.14. The zero-order valence-corrected chi connectivity index (χ0v) is 10.6. The molecule has 0 aliphatic carbocycles. The Kier molecular flexibility index (Phi) is 5.87. The molecule has 0 fully saturated rings. The molecule has 4 N–H and O–H groups in total. The second-order valence-corrected chi connectivity index (χ2v) is 3.66. The molecule has 0 radical (unpaired) electrons. The zero-order chi connectivity index (χ0) is 15.0. The summed E-state index contributed by atoms with van der Waals surface area (Å²) in [5, 5.41) is 26.2. The second kappa shape index (κ2) is 7.66. The Morgan fingerprint density at radius 3 is 2.75 bits per heavy atom. The minimum atomic E-state index is -1.25. The number of H-pyrrole nitrogens is 1. The first-order chi connectivity index (χ1) is 9.52. The Hall–Kier alpha value is -2.72. The molecular weight excluding hydrogens is 272 g/mol. The van der Waals surface area contributed by atoms with E-state index in [0.29, 0.717) is 0 Å². The number of rotatable bonds is 7. The highest BCUT2D eigenvalue weighted by Crippen LogP contribution is 1.99. The lowest BCUT2D eigenvalue weighted by atomic mass is 10.1. The molecule has 11 nitrogen and oxygen atoms in total. The number of urea groups is 1. The van der Waals surface area contributed by atoms with Crippen molar-refractivity contribution in [3.05, 3.63) is 5.82 Å². The fourth-order valence-corrected chi connectivity index (χ4v) is 1.25. The number of aromatic amines is 1. The summed E-state index contributed by atoms with van der Waals surface area (Å²) in [5.41, 5.74) is 0. The molecule has 1 rings (SSSR count). The number of hydrogen-bond acceptors (Lipinski definition) is 7. The number of ether oxygens (including phenoxy) is 1. The van der Waals surface area contributed by atoms with Gasteiger partial charge >= 0.3 is 18.0 Å². The smallest absolute Gasteiger partial charge is 0.326 e. The molecule has 0 bridgehead atoms. The van der Waals surface area contributed by atoms with Crippen molar-refractivity contribution in [2.75, 3.05) is 7.11 Å². The number of carboxylic acid groups (broad SMARTS) is 1. The molecule has 0 aromatic carbocycles. The number of amides is 2. The first-order valence-electron chi connectivity index (χ1n) is 5.59. The third-order valence-corrected chi connectivity index (χ3v) is 2.26. The van der Waals surface area contributed by atoms with E-state index in [0.717, 1.165) is 0 Å². The van der Waals surface area contributed by atoms with Crippen molar-refractivity contribution in [3.63, 3.8) is 0 Å². The van der Waals surface area contributed by atoms with Crippen LogP contribution in [-0.4, -0.2) is 56.9 Å². The van der Waals surface area contributed by atoms with Gasteiger partial charge in [0.1, 0.15) is 6.04 Å². The van der Waals surface area contributed by atoms with E-state index in [1.807, 2.05) is 0 Å². The molecule has 1 aromatic rings. The van der Waals surface area contributed by atoms with Gasteiger partial charge in [-0.25, -0.2) is 9.59 Å². The zero-order valence-electron chi connectivity index (χ0n) is 10.6. The van der Waals surface area contributed by atoms with Crippen LogP contribution in [0, 0.1) is 0 Å². The molecule has 1 aromatic heterocycles. The summed E-state index contributed by atoms with van der Waals surface area (Å²) in [6.45, 7) is -0.00826. The predicted octanol–water partition coefficient (Wildman–Crippen LogP) is -1.59. The van der Waals surface area contributed by atoms with Crippen LogP contribution >= 0.6 is 0 Å². The van der Waals surface area contributed by atoms with Gasteiger partial charge in [-0.3, -0.25) is 4.79 Å². The number of aliphatic carboxylic acids is 1. The quantitative estimate of drug-likeness (QED) is 0.436. The number of methoxy groups -OCH3 is 1. The van der Waals surface area contributed by atoms with Crippen LogP contribution in [0.1, 0.15) is 18.7 Å². The summed E-state index contributed by atoms with van der Waals surface area (Å²) in [4.78, 5) is 33.3. The minimum absolute atomic E-state index is 0.00826. The van der Waals surface area contributed by atoms with E-state index in [9.17, 15) is 14.4 Å². The summed E-state index contributed by atoms with van der Waals surface area (Å²) >= 11 is 0. The van der Waals surface area contributed by atoms with Crippen LogP contribution in [0.3, 0.4) is 0 Å². The van der Waals surface area contributed by atoms with E-state index in [1.165, 1.54) is 7.11 Å². The van der Waals surface area contributed by atoms with E-state index in [1.54, 1.807) is 0 Å². The average Bonchev–Trinajstić information content (AvgIpc) is 2.93. The highest BCUT2D eigenvalue weighted by atomic mass is 16.5. The Morgan fingerprint density at radius 2 is 2.20 bits per heavy atom. The summed E-state index contributed by atoms with van der Waals surface area (Å²) in [6, 6.07) is -1.91. The van der Waals surface area contributed by atoms with Gasteiger partial charge in [0.15, 0.2) is 5.82 Å². The lowest BCUT2D eigenvalue weighted by Crippen LogP contribution is -2.46. The molecule has 0 saturated heterocycles. The molecular formula is C9H14N6O5. The Labute approximate surface area is 113 Å². The minimum Gasteiger partial charge on any atom is -0.480 e. The first kappa shape index (κ1) is 15.3. The largest absolute Gasteiger partial charge is 0.480 e. The van der Waals surface area contributed by atoms with Crippen LogP contribution in [-0.2, 0) is 20.9 Å². The van der Waals surface area contributed by atoms with Crippen LogP contribution in [0.4, 0.5) is 4.79 Å². The number of tetrazole rings is 1. The third kappa shape index (κ3) is 5.29. The monoisotopic (exact) mass is 286 g/mol. The summed E-state index contributed by atoms with van der Waals surface area (Å²) in [6.07, 6.45) is -0.184. The maximum atomic E-state index is 11.5. The average molecular weight is 286 g/mol. The molecule has 0 aliphatic heterocycles. The number of hydrogen-bond donors (Lipinski definition) is 4. The van der Waals surface area contributed by atoms with Gasteiger partial charge in [-0.15, -0.1) is 10.2 Å². The van der Waals surface area contributed by atoms with Crippen molar-refractivity contribution in [1.82, 2.24) is 31.3 Å². The van der Waals surface area contributed by atoms with Crippen LogP contribution in [0.5, 0.6) is 0 Å². The molecule has 1 atom stereocenters. The van der Waals surface area contributed by atoms with Crippen LogP contribution in [0.2, 0.25) is 0 Å². The maximum Gasteiger partial charge on any atom is 0.326 e. The number of esters is 1. The molecule has 110 valence electrons. The second-order valence-electron chi connectivity index (χ2n) is 3.66. The van der Waals surface area contributed by atoms with Gasteiger partial charge in [-0.1, -0.05) is 5.21 Å². The van der Waals surface area contributed by atoms with E-state index in [2.05, 4.69) is 36.0 Å². The van der Waals surface area contributed by atoms with Gasteiger partial charge in [-0.05, 0) is 6.42 Å². The van der Waals surface area contributed by atoms with Crippen LogP contribution in [0.15, 0.2) is 0 Å². The van der Waals surface area contributed by atoms with Gasteiger partial charge in [0.25, 0.3) is 0 Å². The molecule has 11 heteroatoms. The molecule has 20 heavy (non-hydrogen) atoms. The van der Waals surface area contributed by atoms with Gasteiger partial charge in [0.2, 0.25) is 0 Å². The molecule has 2 amide bonds. The number of nitrogens with zero attached hydrogens (tertiary/aromatic N) is 3. The first-order valence-corrected chi connectivity index (χ1v) is 5.59. The van der Waals surface area contributed by atoms with Crippen molar-refractivity contribution >= 4 is 18.0 Å². The topological polar surface area (TPSA) is 159 Å². The van der Waals surface area contributed by atoms with Gasteiger partial charge < -0.3 is 20.5 Å². The maximum absolute atomic E-state index is 11.5. The van der Waals surface area contributed by atoms with Crippen LogP contribution < -0.4 is 10.6 Å². The highest BCUT2D eigenvalue weighted by molar-refractivity contribution is 5.83. The molecule has 0 spiro atoms. The number of nitrogens with one attached hydrogen (secondary N) is 3. The van der Waals surface area contributed by atoms with Crippen molar-refractivity contribution in [3.8, 4) is 0 Å². The van der Waals surface area contributed by atoms with Gasteiger partial charge in [-0.2, -0.15) is 5.21 Å². The van der Waals surface area contributed by atoms with Crippen LogP contribution in [0.25, 0.3) is 0 Å². The standard InChI is InChI=1S/C9H14N6O5/c1-20-7(16)3-2-5(8(17)18)11-9(19)10-4-6-12-14-15-13-6/h5H,2-4H2,1H3,(H,17,18)(H2,10,11,19)(H,12,13,14,15)/t5-/m0/s1. The number of carbonyl (C=O) groups is 3. The van der Waals surface area contributed by atoms with E-state index in [-0.39, 0.29) is 25.2 Å². The lowest BCUT2D eigenvalue weighted by molar-refractivity contribution is -0.142. The molecule has 0 aliphatic rings. The molecule has 1 heterocycles. The fraction of sp³-hybridized carbons (Fsp3) is 0.556. The van der Waals surface area contributed by atoms with E-state index < -0.39 is 24.0 Å². The number of carboxylic acids is 1.